The van der Waals surface area contributed by atoms with Crippen molar-refractivity contribution in [2.45, 2.75) is 6.92 Å². The van der Waals surface area contributed by atoms with Crippen LogP contribution in [0, 0.1) is 5.92 Å². The minimum Gasteiger partial charge on any atom is -0.345 e. The highest BCUT2D eigenvalue weighted by Gasteiger charge is 2.25. The second-order valence-electron chi connectivity index (χ2n) is 4.18. The van der Waals surface area contributed by atoms with Crippen LogP contribution in [-0.2, 0) is 4.79 Å². The molecule has 2 heterocycles. The van der Waals surface area contributed by atoms with E-state index < -0.39 is 0 Å². The van der Waals surface area contributed by atoms with Gasteiger partial charge >= 0.3 is 0 Å². The number of halogens is 1. The molecule has 1 aromatic rings. The van der Waals surface area contributed by atoms with Gasteiger partial charge in [-0.2, -0.15) is 0 Å². The van der Waals surface area contributed by atoms with Crippen LogP contribution in [0.1, 0.15) is 6.92 Å². The van der Waals surface area contributed by atoms with Crippen molar-refractivity contribution in [3.8, 4) is 0 Å². The molecule has 4 nitrogen and oxygen atoms in total. The first-order valence-corrected chi connectivity index (χ1v) is 7.13. The normalized spacial score (nSPS) is 18.2. The Hall–Kier alpha value is -0.810. The SMILES string of the molecule is CC(CCl)C(=O)N1CCN(c2nccs2)CC1. The summed E-state index contributed by atoms with van der Waals surface area (Å²) in [6.07, 6.45) is 1.81. The van der Waals surface area contributed by atoms with Crippen LogP contribution in [0.15, 0.2) is 11.6 Å². The molecule has 1 atom stereocenters. The third-order valence-corrected chi connectivity index (χ3v) is 4.23. The minimum atomic E-state index is -0.0805. The third-order valence-electron chi connectivity index (χ3n) is 2.93. The van der Waals surface area contributed by atoms with Gasteiger partial charge in [-0.15, -0.1) is 22.9 Å². The van der Waals surface area contributed by atoms with Crippen molar-refractivity contribution in [3.05, 3.63) is 11.6 Å². The van der Waals surface area contributed by atoms with Gasteiger partial charge in [0.25, 0.3) is 0 Å². The fourth-order valence-electron chi connectivity index (χ4n) is 1.87. The summed E-state index contributed by atoms with van der Waals surface area (Å²) in [7, 11) is 0. The Morgan fingerprint density at radius 3 is 2.76 bits per heavy atom. The van der Waals surface area contributed by atoms with E-state index in [-0.39, 0.29) is 11.8 Å². The number of carbonyl (C=O) groups is 1. The van der Waals surface area contributed by atoms with Crippen molar-refractivity contribution in [1.29, 1.82) is 0 Å². The largest absolute Gasteiger partial charge is 0.345 e. The molecule has 0 bridgehead atoms. The number of hydrogen-bond donors (Lipinski definition) is 0. The average molecular weight is 274 g/mol. The molecule has 1 aliphatic rings. The van der Waals surface area contributed by atoms with Crippen LogP contribution in [0.4, 0.5) is 5.13 Å². The summed E-state index contributed by atoms with van der Waals surface area (Å²) >= 11 is 7.35. The number of carbonyl (C=O) groups excluding carboxylic acids is 1. The number of amides is 1. The Kier molecular flexibility index (Phi) is 4.23. The quantitative estimate of drug-likeness (QED) is 0.786. The van der Waals surface area contributed by atoms with E-state index in [0.29, 0.717) is 5.88 Å². The van der Waals surface area contributed by atoms with E-state index in [4.69, 9.17) is 11.6 Å². The zero-order valence-electron chi connectivity index (χ0n) is 9.80. The molecular weight excluding hydrogens is 258 g/mol. The minimum absolute atomic E-state index is 0.0805. The van der Waals surface area contributed by atoms with Crippen LogP contribution in [0.3, 0.4) is 0 Å². The zero-order valence-corrected chi connectivity index (χ0v) is 11.4. The second-order valence-corrected chi connectivity index (χ2v) is 5.36. The van der Waals surface area contributed by atoms with E-state index in [9.17, 15) is 4.79 Å². The monoisotopic (exact) mass is 273 g/mol. The number of aromatic nitrogens is 1. The Labute approximate surface area is 110 Å². The summed E-state index contributed by atoms with van der Waals surface area (Å²) in [6, 6.07) is 0. The van der Waals surface area contributed by atoms with Crippen molar-refractivity contribution in [1.82, 2.24) is 9.88 Å². The van der Waals surface area contributed by atoms with Crippen molar-refractivity contribution >= 4 is 34.0 Å². The fourth-order valence-corrected chi connectivity index (χ4v) is 2.70. The lowest BCUT2D eigenvalue weighted by Gasteiger charge is -2.35. The molecule has 0 radical (unpaired) electrons. The summed E-state index contributed by atoms with van der Waals surface area (Å²) in [6.45, 7) is 5.12. The Morgan fingerprint density at radius 1 is 1.53 bits per heavy atom. The van der Waals surface area contributed by atoms with Gasteiger partial charge in [0.1, 0.15) is 0 Å². The predicted octanol–water partition coefficient (Wildman–Crippen LogP) is 1.67. The van der Waals surface area contributed by atoms with Crippen LogP contribution in [0.25, 0.3) is 0 Å². The van der Waals surface area contributed by atoms with Crippen molar-refractivity contribution < 1.29 is 4.79 Å². The molecule has 1 unspecified atom stereocenters. The van der Waals surface area contributed by atoms with Gasteiger partial charge in [-0.3, -0.25) is 4.79 Å². The molecule has 1 saturated heterocycles. The van der Waals surface area contributed by atoms with E-state index >= 15 is 0 Å². The molecule has 0 spiro atoms. The summed E-state index contributed by atoms with van der Waals surface area (Å²) in [4.78, 5) is 20.3. The number of thiazole rings is 1. The van der Waals surface area contributed by atoms with Gasteiger partial charge in [0.15, 0.2) is 5.13 Å². The van der Waals surface area contributed by atoms with Crippen LogP contribution in [-0.4, -0.2) is 47.9 Å². The van der Waals surface area contributed by atoms with E-state index in [1.807, 2.05) is 23.4 Å². The number of piperazine rings is 1. The van der Waals surface area contributed by atoms with Crippen LogP contribution >= 0.6 is 22.9 Å². The number of nitrogens with zero attached hydrogens (tertiary/aromatic N) is 3. The van der Waals surface area contributed by atoms with Gasteiger partial charge in [0, 0.05) is 49.6 Å². The number of alkyl halides is 1. The maximum Gasteiger partial charge on any atom is 0.226 e. The van der Waals surface area contributed by atoms with Gasteiger partial charge in [-0.05, 0) is 0 Å². The summed E-state index contributed by atoms with van der Waals surface area (Å²) in [5.41, 5.74) is 0. The highest BCUT2D eigenvalue weighted by atomic mass is 35.5. The number of hydrogen-bond acceptors (Lipinski definition) is 4. The van der Waals surface area contributed by atoms with Crippen LogP contribution in [0.5, 0.6) is 0 Å². The van der Waals surface area contributed by atoms with Crippen molar-refractivity contribution in [2.24, 2.45) is 5.92 Å². The lowest BCUT2D eigenvalue weighted by atomic mass is 10.1. The summed E-state index contributed by atoms with van der Waals surface area (Å²) in [5.74, 6) is 0.479. The van der Waals surface area contributed by atoms with Crippen LogP contribution < -0.4 is 4.90 Å². The van der Waals surface area contributed by atoms with Gasteiger partial charge < -0.3 is 9.80 Å². The zero-order chi connectivity index (χ0) is 12.3. The molecule has 1 aliphatic heterocycles. The molecule has 0 saturated carbocycles. The molecule has 1 fully saturated rings. The van der Waals surface area contributed by atoms with Crippen molar-refractivity contribution in [2.75, 3.05) is 37.0 Å². The Bertz CT molecular complexity index is 363. The molecule has 0 aromatic carbocycles. The smallest absolute Gasteiger partial charge is 0.226 e. The first-order valence-electron chi connectivity index (χ1n) is 5.71. The summed E-state index contributed by atoms with van der Waals surface area (Å²) < 4.78 is 0. The molecular formula is C11H16ClN3OS. The molecule has 1 aromatic heterocycles. The lowest BCUT2D eigenvalue weighted by molar-refractivity contribution is -0.134. The first kappa shape index (κ1) is 12.6. The van der Waals surface area contributed by atoms with E-state index in [1.54, 1.807) is 11.3 Å². The fraction of sp³-hybridized carbons (Fsp3) is 0.636. The van der Waals surface area contributed by atoms with Gasteiger partial charge in [-0.1, -0.05) is 6.92 Å². The second kappa shape index (κ2) is 5.69. The van der Waals surface area contributed by atoms with E-state index in [0.717, 1.165) is 31.3 Å². The lowest BCUT2D eigenvalue weighted by Crippen LogP contribution is -2.50. The van der Waals surface area contributed by atoms with Crippen LogP contribution in [0.2, 0.25) is 0 Å². The Morgan fingerprint density at radius 2 is 2.24 bits per heavy atom. The van der Waals surface area contributed by atoms with Gasteiger partial charge in [0.05, 0.1) is 0 Å². The first-order chi connectivity index (χ1) is 8.22. The average Bonchev–Trinajstić information content (AvgIpc) is 2.91. The van der Waals surface area contributed by atoms with Gasteiger partial charge in [0.2, 0.25) is 5.91 Å². The maximum atomic E-state index is 11.9. The summed E-state index contributed by atoms with van der Waals surface area (Å²) in [5, 5.41) is 3.02. The number of anilines is 1. The predicted molar refractivity (Wildman–Crippen MR) is 70.8 cm³/mol. The highest BCUT2D eigenvalue weighted by Crippen LogP contribution is 2.19. The standard InChI is InChI=1S/C11H16ClN3OS/c1-9(8-12)10(16)14-3-5-15(6-4-14)11-13-2-7-17-11/h2,7,9H,3-6,8H2,1H3. The van der Waals surface area contributed by atoms with E-state index in [1.165, 1.54) is 0 Å². The molecule has 0 N–H and O–H groups in total. The molecule has 1 amide bonds. The third kappa shape index (κ3) is 2.90. The van der Waals surface area contributed by atoms with Crippen molar-refractivity contribution in [3.63, 3.8) is 0 Å². The number of rotatable bonds is 3. The highest BCUT2D eigenvalue weighted by molar-refractivity contribution is 7.13. The molecule has 2 rings (SSSR count). The topological polar surface area (TPSA) is 36.4 Å². The molecule has 6 heteroatoms. The van der Waals surface area contributed by atoms with E-state index in [2.05, 4.69) is 9.88 Å². The molecule has 94 valence electrons. The molecule has 17 heavy (non-hydrogen) atoms. The molecule has 0 aliphatic carbocycles. The Balaban J connectivity index is 1.88. The van der Waals surface area contributed by atoms with Gasteiger partial charge in [-0.25, -0.2) is 4.98 Å². The maximum absolute atomic E-state index is 11.9.